The third-order valence-corrected chi connectivity index (χ3v) is 3.22. The van der Waals surface area contributed by atoms with Crippen molar-refractivity contribution in [3.63, 3.8) is 0 Å². The largest absolute Gasteiger partial charge is 0.394 e. The van der Waals surface area contributed by atoms with Crippen LogP contribution in [0.4, 0.5) is 11.6 Å². The first-order valence-electron chi connectivity index (χ1n) is 5.65. The van der Waals surface area contributed by atoms with E-state index in [9.17, 15) is 15.2 Å². The van der Waals surface area contributed by atoms with Gasteiger partial charge in [-0.25, -0.2) is 4.98 Å². The van der Waals surface area contributed by atoms with Crippen molar-refractivity contribution in [1.82, 2.24) is 9.97 Å². The number of aliphatic hydroxyl groups is 1. The number of non-ortho nitro benzene ring substituents is 1. The van der Waals surface area contributed by atoms with E-state index in [1.807, 2.05) is 0 Å². The fraction of sp³-hybridized carbons (Fsp3) is 0.364. The third-order valence-electron chi connectivity index (χ3n) is 3.22. The van der Waals surface area contributed by atoms with Gasteiger partial charge in [0.25, 0.3) is 5.69 Å². The normalized spacial score (nSPS) is 16.7. The molecule has 0 atom stereocenters. The van der Waals surface area contributed by atoms with Gasteiger partial charge in [0.1, 0.15) is 0 Å². The smallest absolute Gasteiger partial charge is 0.271 e. The Balaban J connectivity index is 1.93. The molecule has 0 spiro atoms. The van der Waals surface area contributed by atoms with Crippen molar-refractivity contribution in [2.75, 3.05) is 11.9 Å². The minimum absolute atomic E-state index is 0.0287. The second-order valence-electron chi connectivity index (χ2n) is 4.61. The predicted molar refractivity (Wildman–Crippen MR) is 65.4 cm³/mol. The highest BCUT2D eigenvalue weighted by atomic mass is 16.6. The third kappa shape index (κ3) is 1.78. The molecule has 0 saturated heterocycles. The average molecular weight is 248 g/mol. The fourth-order valence-corrected chi connectivity index (χ4v) is 1.90. The summed E-state index contributed by atoms with van der Waals surface area (Å²) in [6.45, 7) is 0.0597. The summed E-state index contributed by atoms with van der Waals surface area (Å²) < 4.78 is 0. The van der Waals surface area contributed by atoms with E-state index < -0.39 is 4.92 Å². The first kappa shape index (κ1) is 11.0. The SMILES string of the molecule is O=[N+]([O-])c1ccc2nc(NC3(CO)CC3)[nH]c2c1. The lowest BCUT2D eigenvalue weighted by atomic mass is 10.3. The maximum atomic E-state index is 10.7. The number of aromatic nitrogens is 2. The Hall–Kier alpha value is -2.15. The second kappa shape index (κ2) is 3.67. The van der Waals surface area contributed by atoms with Gasteiger partial charge >= 0.3 is 0 Å². The van der Waals surface area contributed by atoms with Crippen LogP contribution in [0.3, 0.4) is 0 Å². The lowest BCUT2D eigenvalue weighted by Gasteiger charge is -2.12. The molecule has 1 fully saturated rings. The summed E-state index contributed by atoms with van der Waals surface area (Å²) in [5, 5.41) is 23.0. The van der Waals surface area contributed by atoms with E-state index in [2.05, 4.69) is 15.3 Å². The minimum Gasteiger partial charge on any atom is -0.394 e. The number of hydrogen-bond donors (Lipinski definition) is 3. The van der Waals surface area contributed by atoms with Gasteiger partial charge in [0.15, 0.2) is 0 Å². The molecule has 1 saturated carbocycles. The van der Waals surface area contributed by atoms with Crippen molar-refractivity contribution >= 4 is 22.7 Å². The fourth-order valence-electron chi connectivity index (χ4n) is 1.90. The summed E-state index contributed by atoms with van der Waals surface area (Å²) in [5.74, 6) is 0.539. The van der Waals surface area contributed by atoms with Gasteiger partial charge in [-0.2, -0.15) is 0 Å². The zero-order valence-corrected chi connectivity index (χ0v) is 9.51. The van der Waals surface area contributed by atoms with Gasteiger partial charge in [-0.05, 0) is 18.9 Å². The standard InChI is InChI=1S/C11H12N4O3/c16-6-11(3-4-11)14-10-12-8-2-1-7(15(17)18)5-9(8)13-10/h1-2,5,16H,3-4,6H2,(H2,12,13,14). The van der Waals surface area contributed by atoms with E-state index >= 15 is 0 Å². The monoisotopic (exact) mass is 248 g/mol. The Bertz CT molecular complexity index is 618. The predicted octanol–water partition coefficient (Wildman–Crippen LogP) is 1.41. The molecule has 1 aliphatic rings. The molecule has 7 nitrogen and oxygen atoms in total. The summed E-state index contributed by atoms with van der Waals surface area (Å²) in [4.78, 5) is 17.5. The van der Waals surface area contributed by atoms with Gasteiger partial charge in [0.05, 0.1) is 28.1 Å². The number of H-pyrrole nitrogens is 1. The van der Waals surface area contributed by atoms with E-state index in [0.29, 0.717) is 17.0 Å². The van der Waals surface area contributed by atoms with E-state index in [1.54, 1.807) is 6.07 Å². The Kier molecular flexibility index (Phi) is 2.24. The number of nitrogens with one attached hydrogen (secondary N) is 2. The summed E-state index contributed by atoms with van der Waals surface area (Å²) in [6, 6.07) is 4.48. The highest BCUT2D eigenvalue weighted by molar-refractivity contribution is 5.80. The number of rotatable bonds is 4. The van der Waals surface area contributed by atoms with Gasteiger partial charge in [0.2, 0.25) is 5.95 Å². The lowest BCUT2D eigenvalue weighted by Crippen LogP contribution is -2.26. The van der Waals surface area contributed by atoms with Crippen molar-refractivity contribution in [2.24, 2.45) is 0 Å². The number of nitrogens with zero attached hydrogens (tertiary/aromatic N) is 2. The van der Waals surface area contributed by atoms with E-state index in [1.165, 1.54) is 12.1 Å². The summed E-state index contributed by atoms with van der Waals surface area (Å²) >= 11 is 0. The number of benzene rings is 1. The zero-order chi connectivity index (χ0) is 12.8. The van der Waals surface area contributed by atoms with Crippen LogP contribution in [-0.4, -0.2) is 32.1 Å². The van der Waals surface area contributed by atoms with Crippen molar-refractivity contribution in [3.05, 3.63) is 28.3 Å². The number of nitro benzene ring substituents is 1. The van der Waals surface area contributed by atoms with Crippen molar-refractivity contribution in [1.29, 1.82) is 0 Å². The van der Waals surface area contributed by atoms with Crippen LogP contribution in [0, 0.1) is 10.1 Å². The number of nitro groups is 1. The molecule has 1 aromatic heterocycles. The molecular weight excluding hydrogens is 236 g/mol. The number of fused-ring (bicyclic) bond motifs is 1. The van der Waals surface area contributed by atoms with Crippen molar-refractivity contribution in [2.45, 2.75) is 18.4 Å². The molecule has 3 N–H and O–H groups in total. The maximum absolute atomic E-state index is 10.7. The Morgan fingerprint density at radius 1 is 1.56 bits per heavy atom. The number of aliphatic hydroxyl groups excluding tert-OH is 1. The molecular formula is C11H12N4O3. The Labute approximate surface area is 102 Å². The number of hydrogen-bond acceptors (Lipinski definition) is 5. The van der Waals surface area contributed by atoms with E-state index in [0.717, 1.165) is 12.8 Å². The van der Waals surface area contributed by atoms with Gasteiger partial charge < -0.3 is 15.4 Å². The lowest BCUT2D eigenvalue weighted by molar-refractivity contribution is -0.384. The van der Waals surface area contributed by atoms with Crippen LogP contribution < -0.4 is 5.32 Å². The summed E-state index contributed by atoms with van der Waals surface area (Å²) in [6.07, 6.45) is 1.81. The molecule has 0 unspecified atom stereocenters. The average Bonchev–Trinajstić information content (AvgIpc) is 3.00. The van der Waals surface area contributed by atoms with Crippen LogP contribution in [0.25, 0.3) is 11.0 Å². The number of aromatic amines is 1. The molecule has 2 aromatic rings. The highest BCUT2D eigenvalue weighted by Gasteiger charge is 2.42. The highest BCUT2D eigenvalue weighted by Crippen LogP contribution is 2.38. The van der Waals surface area contributed by atoms with Crippen LogP contribution >= 0.6 is 0 Å². The maximum Gasteiger partial charge on any atom is 0.271 e. The van der Waals surface area contributed by atoms with E-state index in [-0.39, 0.29) is 17.8 Å². The van der Waals surface area contributed by atoms with Crippen LogP contribution in [0.15, 0.2) is 18.2 Å². The van der Waals surface area contributed by atoms with Crippen LogP contribution in [0.1, 0.15) is 12.8 Å². The second-order valence-corrected chi connectivity index (χ2v) is 4.61. The van der Waals surface area contributed by atoms with Crippen molar-refractivity contribution < 1.29 is 10.0 Å². The molecule has 0 amide bonds. The van der Waals surface area contributed by atoms with Gasteiger partial charge in [0, 0.05) is 12.1 Å². The first-order chi connectivity index (χ1) is 8.62. The molecule has 1 aromatic carbocycles. The van der Waals surface area contributed by atoms with Gasteiger partial charge in [-0.1, -0.05) is 0 Å². The molecule has 0 aliphatic heterocycles. The first-order valence-corrected chi connectivity index (χ1v) is 5.65. The van der Waals surface area contributed by atoms with Crippen LogP contribution in [0.5, 0.6) is 0 Å². The van der Waals surface area contributed by atoms with Crippen LogP contribution in [0.2, 0.25) is 0 Å². The van der Waals surface area contributed by atoms with Gasteiger partial charge in [-0.15, -0.1) is 0 Å². The number of imidazole rings is 1. The zero-order valence-electron chi connectivity index (χ0n) is 9.51. The van der Waals surface area contributed by atoms with Gasteiger partial charge in [-0.3, -0.25) is 10.1 Å². The molecule has 94 valence electrons. The van der Waals surface area contributed by atoms with Crippen molar-refractivity contribution in [3.8, 4) is 0 Å². The van der Waals surface area contributed by atoms with Crippen LogP contribution in [-0.2, 0) is 0 Å². The Morgan fingerprint density at radius 3 is 2.94 bits per heavy atom. The summed E-state index contributed by atoms with van der Waals surface area (Å²) in [7, 11) is 0. The topological polar surface area (TPSA) is 104 Å². The molecule has 0 bridgehead atoms. The molecule has 7 heteroatoms. The van der Waals surface area contributed by atoms with E-state index in [4.69, 9.17) is 0 Å². The minimum atomic E-state index is -0.441. The number of anilines is 1. The summed E-state index contributed by atoms with van der Waals surface area (Å²) in [5.41, 5.74) is 1.04. The molecule has 18 heavy (non-hydrogen) atoms. The molecule has 3 rings (SSSR count). The Morgan fingerprint density at radius 2 is 2.33 bits per heavy atom. The molecule has 0 radical (unpaired) electrons. The molecule has 1 aliphatic carbocycles. The molecule has 1 heterocycles. The quantitative estimate of drug-likeness (QED) is 0.560.